The Bertz CT molecular complexity index is 924. The number of carbonyl (C=O) groups is 2. The normalized spacial score (nSPS) is 15.2. The molecule has 1 heterocycles. The number of aryl methyl sites for hydroxylation is 1. The van der Waals surface area contributed by atoms with Gasteiger partial charge >= 0.3 is 5.97 Å². The van der Waals surface area contributed by atoms with Gasteiger partial charge in [-0.25, -0.2) is 9.78 Å². The average molecular weight is 413 g/mol. The first-order chi connectivity index (χ1) is 14.0. The van der Waals surface area contributed by atoms with Gasteiger partial charge in [0.15, 0.2) is 6.61 Å². The SMILES string of the molecule is COc1ccc(-c2nc(C)c(C(=O)OCC(=O)NC3(C#N)CCCCC3)s2)cc1. The van der Waals surface area contributed by atoms with Crippen molar-refractivity contribution in [2.75, 3.05) is 13.7 Å². The Kier molecular flexibility index (Phi) is 6.49. The van der Waals surface area contributed by atoms with E-state index in [2.05, 4.69) is 16.4 Å². The molecule has 1 aliphatic carbocycles. The Hall–Kier alpha value is -2.92. The predicted molar refractivity (Wildman–Crippen MR) is 109 cm³/mol. The smallest absolute Gasteiger partial charge is 0.350 e. The van der Waals surface area contributed by atoms with Gasteiger partial charge in [-0.1, -0.05) is 19.3 Å². The van der Waals surface area contributed by atoms with Crippen molar-refractivity contribution in [3.05, 3.63) is 34.8 Å². The highest BCUT2D eigenvalue weighted by Crippen LogP contribution is 2.30. The zero-order chi connectivity index (χ0) is 20.9. The summed E-state index contributed by atoms with van der Waals surface area (Å²) in [5.74, 6) is -0.315. The summed E-state index contributed by atoms with van der Waals surface area (Å²) in [6, 6.07) is 9.60. The first kappa shape index (κ1) is 20.8. The largest absolute Gasteiger partial charge is 0.497 e. The summed E-state index contributed by atoms with van der Waals surface area (Å²) in [7, 11) is 1.60. The van der Waals surface area contributed by atoms with Gasteiger partial charge in [0, 0.05) is 5.56 Å². The number of amides is 1. The van der Waals surface area contributed by atoms with Gasteiger partial charge in [0.2, 0.25) is 0 Å². The van der Waals surface area contributed by atoms with Gasteiger partial charge in [-0.05, 0) is 44.0 Å². The molecule has 3 rings (SSSR count). The van der Waals surface area contributed by atoms with Crippen molar-refractivity contribution in [2.24, 2.45) is 0 Å². The van der Waals surface area contributed by atoms with Gasteiger partial charge < -0.3 is 14.8 Å². The molecule has 0 unspecified atom stereocenters. The molecule has 0 radical (unpaired) electrons. The van der Waals surface area contributed by atoms with Crippen LogP contribution in [0.2, 0.25) is 0 Å². The molecule has 1 aromatic heterocycles. The molecule has 0 aliphatic heterocycles. The number of thiazole rings is 1. The molecule has 0 atom stereocenters. The number of hydrogen-bond acceptors (Lipinski definition) is 7. The second-order valence-electron chi connectivity index (χ2n) is 7.04. The van der Waals surface area contributed by atoms with Gasteiger partial charge in [-0.3, -0.25) is 4.79 Å². The van der Waals surface area contributed by atoms with Crippen molar-refractivity contribution in [1.29, 1.82) is 5.26 Å². The fraction of sp³-hybridized carbons (Fsp3) is 0.429. The van der Waals surface area contributed by atoms with E-state index in [1.165, 1.54) is 11.3 Å². The lowest BCUT2D eigenvalue weighted by Crippen LogP contribution is -2.50. The Morgan fingerprint density at radius 3 is 2.55 bits per heavy atom. The van der Waals surface area contributed by atoms with Crippen molar-refractivity contribution in [3.63, 3.8) is 0 Å². The molecular formula is C21H23N3O4S. The molecule has 0 spiro atoms. The maximum absolute atomic E-state index is 12.4. The minimum Gasteiger partial charge on any atom is -0.497 e. The Balaban J connectivity index is 1.61. The highest BCUT2D eigenvalue weighted by molar-refractivity contribution is 7.17. The monoisotopic (exact) mass is 413 g/mol. The Morgan fingerprint density at radius 2 is 1.93 bits per heavy atom. The Morgan fingerprint density at radius 1 is 1.24 bits per heavy atom. The summed E-state index contributed by atoms with van der Waals surface area (Å²) in [6.07, 6.45) is 4.13. The zero-order valence-electron chi connectivity index (χ0n) is 16.5. The lowest BCUT2D eigenvalue weighted by Gasteiger charge is -2.31. The van der Waals surface area contributed by atoms with E-state index >= 15 is 0 Å². The quantitative estimate of drug-likeness (QED) is 0.726. The molecule has 1 aliphatic rings. The summed E-state index contributed by atoms with van der Waals surface area (Å²) in [4.78, 5) is 29.5. The number of ether oxygens (including phenoxy) is 2. The van der Waals surface area contributed by atoms with Crippen LogP contribution >= 0.6 is 11.3 Å². The van der Waals surface area contributed by atoms with Gasteiger partial charge in [-0.2, -0.15) is 5.26 Å². The number of esters is 1. The second-order valence-corrected chi connectivity index (χ2v) is 8.04. The highest BCUT2D eigenvalue weighted by Gasteiger charge is 2.33. The molecule has 8 heteroatoms. The van der Waals surface area contributed by atoms with E-state index in [-0.39, 0.29) is 0 Å². The summed E-state index contributed by atoms with van der Waals surface area (Å²) in [5.41, 5.74) is 0.569. The molecule has 152 valence electrons. The summed E-state index contributed by atoms with van der Waals surface area (Å²) >= 11 is 1.21. The lowest BCUT2D eigenvalue weighted by atomic mass is 9.83. The van der Waals surface area contributed by atoms with Crippen LogP contribution in [0, 0.1) is 18.3 Å². The number of rotatable bonds is 6. The lowest BCUT2D eigenvalue weighted by molar-refractivity contribution is -0.125. The van der Waals surface area contributed by atoms with Gasteiger partial charge in [-0.15, -0.1) is 11.3 Å². The van der Waals surface area contributed by atoms with Crippen LogP contribution in [0.4, 0.5) is 0 Å². The third-order valence-corrected chi connectivity index (χ3v) is 6.14. The van der Waals surface area contributed by atoms with Crippen LogP contribution in [0.5, 0.6) is 5.75 Å². The van der Waals surface area contributed by atoms with Crippen molar-refractivity contribution >= 4 is 23.2 Å². The van der Waals surface area contributed by atoms with E-state index < -0.39 is 24.0 Å². The topological polar surface area (TPSA) is 101 Å². The number of hydrogen-bond donors (Lipinski definition) is 1. The maximum atomic E-state index is 12.4. The first-order valence-corrected chi connectivity index (χ1v) is 10.3. The molecule has 7 nitrogen and oxygen atoms in total. The molecule has 1 amide bonds. The molecule has 1 saturated carbocycles. The summed E-state index contributed by atoms with van der Waals surface area (Å²) in [6.45, 7) is 1.31. The van der Waals surface area contributed by atoms with E-state index in [1.807, 2.05) is 24.3 Å². The third-order valence-electron chi connectivity index (χ3n) is 4.95. The van der Waals surface area contributed by atoms with Gasteiger partial charge in [0.25, 0.3) is 5.91 Å². The minimum atomic E-state index is -0.844. The molecule has 29 heavy (non-hydrogen) atoms. The second kappa shape index (κ2) is 9.05. The number of methoxy groups -OCH3 is 1. The van der Waals surface area contributed by atoms with Crippen molar-refractivity contribution in [2.45, 2.75) is 44.6 Å². The average Bonchev–Trinajstić information content (AvgIpc) is 3.14. The summed E-state index contributed by atoms with van der Waals surface area (Å²) < 4.78 is 10.3. The van der Waals surface area contributed by atoms with Crippen LogP contribution in [0.3, 0.4) is 0 Å². The van der Waals surface area contributed by atoms with Crippen LogP contribution in [0.25, 0.3) is 10.6 Å². The van der Waals surface area contributed by atoms with Crippen molar-refractivity contribution < 1.29 is 19.1 Å². The van der Waals surface area contributed by atoms with E-state index in [4.69, 9.17) is 9.47 Å². The van der Waals surface area contributed by atoms with Crippen LogP contribution in [-0.2, 0) is 9.53 Å². The van der Waals surface area contributed by atoms with Crippen LogP contribution in [-0.4, -0.2) is 36.1 Å². The molecule has 2 aromatic rings. The molecule has 1 N–H and O–H groups in total. The van der Waals surface area contributed by atoms with Crippen molar-refractivity contribution in [3.8, 4) is 22.4 Å². The molecule has 1 aromatic carbocycles. The number of benzene rings is 1. The van der Waals surface area contributed by atoms with E-state index in [0.29, 0.717) is 28.4 Å². The van der Waals surface area contributed by atoms with Gasteiger partial charge in [0.05, 0.1) is 18.9 Å². The predicted octanol–water partition coefficient (Wildman–Crippen LogP) is 3.63. The van der Waals surface area contributed by atoms with Gasteiger partial charge in [0.1, 0.15) is 21.2 Å². The van der Waals surface area contributed by atoms with E-state index in [1.54, 1.807) is 14.0 Å². The number of nitriles is 1. The zero-order valence-corrected chi connectivity index (χ0v) is 17.3. The molecular weight excluding hydrogens is 390 g/mol. The fourth-order valence-electron chi connectivity index (χ4n) is 3.36. The number of nitrogens with zero attached hydrogens (tertiary/aromatic N) is 2. The van der Waals surface area contributed by atoms with E-state index in [0.717, 1.165) is 30.6 Å². The van der Waals surface area contributed by atoms with Crippen LogP contribution in [0.15, 0.2) is 24.3 Å². The van der Waals surface area contributed by atoms with Crippen molar-refractivity contribution in [1.82, 2.24) is 10.3 Å². The third kappa shape index (κ3) is 4.93. The Labute approximate surface area is 173 Å². The molecule has 1 fully saturated rings. The molecule has 0 bridgehead atoms. The number of aromatic nitrogens is 1. The maximum Gasteiger partial charge on any atom is 0.350 e. The van der Waals surface area contributed by atoms with Crippen LogP contribution < -0.4 is 10.1 Å². The number of nitrogens with one attached hydrogen (secondary N) is 1. The standard InChI is InChI=1S/C21H23N3O4S/c1-14-18(29-19(23-14)15-6-8-16(27-2)9-7-15)20(26)28-12-17(25)24-21(13-22)10-4-3-5-11-21/h6-9H,3-5,10-12H2,1-2H3,(H,24,25). The first-order valence-electron chi connectivity index (χ1n) is 9.47. The minimum absolute atomic E-state index is 0.358. The fourth-order valence-corrected chi connectivity index (χ4v) is 4.33. The van der Waals surface area contributed by atoms with E-state index in [9.17, 15) is 14.9 Å². The molecule has 0 saturated heterocycles. The number of carbonyl (C=O) groups excluding carboxylic acids is 2. The summed E-state index contributed by atoms with van der Waals surface area (Å²) in [5, 5.41) is 12.9. The highest BCUT2D eigenvalue weighted by atomic mass is 32.1. The van der Waals surface area contributed by atoms with Crippen LogP contribution in [0.1, 0.15) is 47.5 Å².